The highest BCUT2D eigenvalue weighted by Crippen LogP contribution is 2.62. The Morgan fingerprint density at radius 3 is 2.59 bits per heavy atom. The van der Waals surface area contributed by atoms with E-state index in [4.69, 9.17) is 0 Å². The van der Waals surface area contributed by atoms with Gasteiger partial charge in [-0.05, 0) is 30.9 Å². The van der Waals surface area contributed by atoms with Gasteiger partial charge in [0.05, 0.1) is 12.0 Å². The van der Waals surface area contributed by atoms with E-state index in [1.807, 2.05) is 7.05 Å². The van der Waals surface area contributed by atoms with Crippen LogP contribution in [0.1, 0.15) is 12.8 Å². The summed E-state index contributed by atoms with van der Waals surface area (Å²) >= 11 is 0. The zero-order valence-electron chi connectivity index (χ0n) is 15.0. The quantitative estimate of drug-likeness (QED) is 0.779. The van der Waals surface area contributed by atoms with Crippen LogP contribution in [-0.4, -0.2) is 42.5 Å². The van der Waals surface area contributed by atoms with E-state index in [2.05, 4.69) is 20.0 Å². The van der Waals surface area contributed by atoms with E-state index in [0.717, 1.165) is 0 Å². The Kier molecular flexibility index (Phi) is 4.22. The van der Waals surface area contributed by atoms with Crippen LogP contribution in [0.15, 0.2) is 29.7 Å². The molecule has 2 saturated carbocycles. The Balaban J connectivity index is 1.57. The molecule has 0 amide bonds. The van der Waals surface area contributed by atoms with Crippen molar-refractivity contribution in [3.63, 3.8) is 0 Å². The van der Waals surface area contributed by atoms with E-state index in [1.165, 1.54) is 19.3 Å². The molecule has 2 aliphatic carbocycles. The van der Waals surface area contributed by atoms with Crippen LogP contribution in [0.4, 0.5) is 14.6 Å². The van der Waals surface area contributed by atoms with Gasteiger partial charge in [0.1, 0.15) is 10.7 Å². The van der Waals surface area contributed by atoms with E-state index in [1.54, 1.807) is 17.1 Å². The highest BCUT2D eigenvalue weighted by molar-refractivity contribution is 7.89. The predicted octanol–water partition coefficient (Wildman–Crippen LogP) is 2.09. The first-order valence-corrected chi connectivity index (χ1v) is 10.2. The Morgan fingerprint density at radius 2 is 2.00 bits per heavy atom. The summed E-state index contributed by atoms with van der Waals surface area (Å²) in [5.74, 6) is -1.68. The first-order chi connectivity index (χ1) is 12.7. The molecule has 0 spiro atoms. The zero-order valence-corrected chi connectivity index (χ0v) is 15.8. The third-order valence-corrected chi connectivity index (χ3v) is 6.89. The van der Waals surface area contributed by atoms with Crippen LogP contribution in [0, 0.1) is 17.8 Å². The highest BCUT2D eigenvalue weighted by atomic mass is 32.2. The van der Waals surface area contributed by atoms with Crippen LogP contribution in [0.25, 0.3) is 11.3 Å². The molecule has 2 N–H and O–H groups in total. The molecule has 10 heteroatoms. The molecule has 1 unspecified atom stereocenters. The Bertz CT molecular complexity index is 961. The van der Waals surface area contributed by atoms with Gasteiger partial charge in [-0.2, -0.15) is 0 Å². The zero-order chi connectivity index (χ0) is 19.4. The lowest BCUT2D eigenvalue weighted by molar-refractivity contribution is -0.00769. The molecule has 2 aromatic heterocycles. The summed E-state index contributed by atoms with van der Waals surface area (Å²) in [6, 6.07) is 1.52. The van der Waals surface area contributed by atoms with Gasteiger partial charge < -0.3 is 9.88 Å². The van der Waals surface area contributed by atoms with E-state index in [-0.39, 0.29) is 35.5 Å². The number of pyridine rings is 1. The van der Waals surface area contributed by atoms with Crippen LogP contribution in [0.5, 0.6) is 0 Å². The summed E-state index contributed by atoms with van der Waals surface area (Å²) in [6.45, 7) is 0.538. The van der Waals surface area contributed by atoms with Gasteiger partial charge in [0.2, 0.25) is 15.9 Å². The first kappa shape index (κ1) is 18.3. The summed E-state index contributed by atoms with van der Waals surface area (Å²) in [4.78, 5) is 8.60. The van der Waals surface area contributed by atoms with E-state index >= 15 is 0 Å². The lowest BCUT2D eigenvalue weighted by Crippen LogP contribution is -2.20. The van der Waals surface area contributed by atoms with Gasteiger partial charge in [-0.1, -0.05) is 0 Å². The molecule has 0 aliphatic heterocycles. The van der Waals surface area contributed by atoms with Gasteiger partial charge in [-0.3, -0.25) is 0 Å². The molecule has 0 bridgehead atoms. The predicted molar refractivity (Wildman–Crippen MR) is 95.8 cm³/mol. The van der Waals surface area contributed by atoms with Crippen molar-refractivity contribution in [1.82, 2.24) is 19.3 Å². The minimum atomic E-state index is -3.64. The molecule has 0 aromatic carbocycles. The molecule has 3 atom stereocenters. The van der Waals surface area contributed by atoms with Crippen molar-refractivity contribution in [2.45, 2.75) is 23.7 Å². The number of halogens is 2. The van der Waals surface area contributed by atoms with E-state index in [0.29, 0.717) is 23.6 Å². The van der Waals surface area contributed by atoms with Crippen LogP contribution in [0.3, 0.4) is 0 Å². The molecule has 27 heavy (non-hydrogen) atoms. The number of aromatic nitrogens is 3. The van der Waals surface area contributed by atoms with Gasteiger partial charge in [0.25, 0.3) is 0 Å². The number of aryl methyl sites for hydroxylation is 1. The minimum Gasteiger partial charge on any atom is -0.369 e. The number of anilines is 1. The third kappa shape index (κ3) is 3.43. The number of alkyl halides is 2. The molecule has 2 fully saturated rings. The lowest BCUT2D eigenvalue weighted by atomic mass is 10.1. The van der Waals surface area contributed by atoms with Crippen molar-refractivity contribution in [3.8, 4) is 11.3 Å². The number of rotatable bonds is 6. The van der Waals surface area contributed by atoms with Gasteiger partial charge in [-0.15, -0.1) is 0 Å². The number of fused-ring (bicyclic) bond motifs is 1. The van der Waals surface area contributed by atoms with Crippen molar-refractivity contribution >= 4 is 15.8 Å². The minimum absolute atomic E-state index is 0.0378. The molecular weight excluding hydrogens is 376 g/mol. The maximum Gasteiger partial charge on any atom is 0.248 e. The SMILES string of the molecule is CNS(=O)(=O)c1cnc(NCC2[C@H]3CC(F)(F)C[C@@H]23)c(-c2cn(C)cn2)c1. The van der Waals surface area contributed by atoms with Crippen LogP contribution >= 0.6 is 0 Å². The molecule has 0 radical (unpaired) electrons. The molecule has 2 aliphatic rings. The Labute approximate surface area is 156 Å². The van der Waals surface area contributed by atoms with Crippen molar-refractivity contribution < 1.29 is 17.2 Å². The fourth-order valence-corrected chi connectivity index (χ4v) is 4.72. The van der Waals surface area contributed by atoms with E-state index < -0.39 is 15.9 Å². The Hall–Kier alpha value is -2.07. The van der Waals surface area contributed by atoms with E-state index in [9.17, 15) is 17.2 Å². The second-order valence-electron chi connectivity index (χ2n) is 7.34. The average molecular weight is 397 g/mol. The van der Waals surface area contributed by atoms with Gasteiger partial charge in [-0.25, -0.2) is 31.9 Å². The smallest absolute Gasteiger partial charge is 0.248 e. The third-order valence-electron chi connectivity index (χ3n) is 5.51. The lowest BCUT2D eigenvalue weighted by Gasteiger charge is -2.15. The summed E-state index contributed by atoms with van der Waals surface area (Å²) in [5.41, 5.74) is 1.14. The number of nitrogens with zero attached hydrogens (tertiary/aromatic N) is 3. The van der Waals surface area contributed by atoms with Crippen molar-refractivity contribution in [3.05, 3.63) is 24.8 Å². The largest absolute Gasteiger partial charge is 0.369 e. The number of nitrogens with one attached hydrogen (secondary N) is 2. The van der Waals surface area contributed by atoms with Crippen LogP contribution in [-0.2, 0) is 17.1 Å². The monoisotopic (exact) mass is 397 g/mol. The highest BCUT2D eigenvalue weighted by Gasteiger charge is 2.62. The van der Waals surface area contributed by atoms with Gasteiger partial charge in [0, 0.05) is 44.4 Å². The standard InChI is InChI=1S/C17H21F2N5O2S/c1-20-27(25,26)10-3-11(15-8-24(2)9-23-15)16(21-6-10)22-7-14-12-4-17(18,19)5-13(12)14/h3,6,8-9,12-14,20H,4-5,7H2,1-2H3,(H,21,22)/t12-,13+,14?. The molecule has 4 rings (SSSR count). The topological polar surface area (TPSA) is 88.9 Å². The summed E-state index contributed by atoms with van der Waals surface area (Å²) in [5, 5.41) is 3.22. The Morgan fingerprint density at radius 1 is 1.30 bits per heavy atom. The number of imidazole rings is 1. The second kappa shape index (κ2) is 6.23. The normalized spacial score (nSPS) is 26.0. The molecule has 7 nitrogen and oxygen atoms in total. The number of sulfonamides is 1. The van der Waals surface area contributed by atoms with Crippen LogP contribution < -0.4 is 10.0 Å². The maximum atomic E-state index is 13.3. The van der Waals surface area contributed by atoms with Gasteiger partial charge >= 0.3 is 0 Å². The molecule has 0 saturated heterocycles. The molecule has 2 heterocycles. The maximum absolute atomic E-state index is 13.3. The summed E-state index contributed by atoms with van der Waals surface area (Å²) < 4.78 is 54.9. The van der Waals surface area contributed by atoms with Gasteiger partial charge in [0.15, 0.2) is 0 Å². The van der Waals surface area contributed by atoms with Crippen molar-refractivity contribution in [1.29, 1.82) is 0 Å². The average Bonchev–Trinajstić information content (AvgIpc) is 2.95. The first-order valence-electron chi connectivity index (χ1n) is 8.74. The van der Waals surface area contributed by atoms with Crippen molar-refractivity contribution in [2.24, 2.45) is 24.8 Å². The number of hydrogen-bond donors (Lipinski definition) is 2. The van der Waals surface area contributed by atoms with Crippen molar-refractivity contribution in [2.75, 3.05) is 18.9 Å². The molecular formula is C17H21F2N5O2S. The molecule has 2 aromatic rings. The summed E-state index contributed by atoms with van der Waals surface area (Å²) in [7, 11) is -0.488. The second-order valence-corrected chi connectivity index (χ2v) is 9.22. The van der Waals surface area contributed by atoms with Crippen LogP contribution in [0.2, 0.25) is 0 Å². The fraction of sp³-hybridized carbons (Fsp3) is 0.529. The number of hydrogen-bond acceptors (Lipinski definition) is 5. The fourth-order valence-electron chi connectivity index (χ4n) is 4.02. The molecule has 146 valence electrons. The summed E-state index contributed by atoms with van der Waals surface area (Å²) in [6.07, 6.45) is 4.59.